The van der Waals surface area contributed by atoms with Crippen molar-refractivity contribution in [3.8, 4) is 17.0 Å². The molecule has 0 fully saturated rings. The van der Waals surface area contributed by atoms with Gasteiger partial charge in [0.2, 0.25) is 0 Å². The highest BCUT2D eigenvalue weighted by Gasteiger charge is 2.09. The standard InChI is InChI=1S/C15H16ClNO/c1-10(2)13-5-4-6-14(17-13)12-8-7-11(16)9-15(12)18-3/h4-10H,1-3H3. The van der Waals surface area contributed by atoms with E-state index in [1.807, 2.05) is 30.3 Å². The molecule has 0 saturated heterocycles. The Morgan fingerprint density at radius 2 is 1.94 bits per heavy atom. The molecule has 0 aliphatic heterocycles. The van der Waals surface area contributed by atoms with Crippen molar-refractivity contribution in [3.63, 3.8) is 0 Å². The van der Waals surface area contributed by atoms with Gasteiger partial charge in [-0.3, -0.25) is 4.98 Å². The fourth-order valence-corrected chi connectivity index (χ4v) is 1.96. The monoisotopic (exact) mass is 261 g/mol. The Bertz CT molecular complexity index is 552. The van der Waals surface area contributed by atoms with Crippen LogP contribution >= 0.6 is 11.6 Å². The average molecular weight is 262 g/mol. The first-order chi connectivity index (χ1) is 8.61. The summed E-state index contributed by atoms with van der Waals surface area (Å²) in [4.78, 5) is 4.66. The van der Waals surface area contributed by atoms with Crippen LogP contribution < -0.4 is 4.74 Å². The van der Waals surface area contributed by atoms with Crippen molar-refractivity contribution in [3.05, 3.63) is 47.1 Å². The lowest BCUT2D eigenvalue weighted by molar-refractivity contribution is 0.416. The molecule has 18 heavy (non-hydrogen) atoms. The number of benzene rings is 1. The van der Waals surface area contributed by atoms with Gasteiger partial charge in [-0.25, -0.2) is 0 Å². The molecule has 0 aliphatic carbocycles. The predicted octanol–water partition coefficient (Wildman–Crippen LogP) is 4.53. The Kier molecular flexibility index (Phi) is 3.87. The molecule has 2 aromatic rings. The molecular weight excluding hydrogens is 246 g/mol. The minimum absolute atomic E-state index is 0.406. The number of hydrogen-bond donors (Lipinski definition) is 0. The van der Waals surface area contributed by atoms with Gasteiger partial charge in [0.05, 0.1) is 12.8 Å². The highest BCUT2D eigenvalue weighted by Crippen LogP contribution is 2.31. The van der Waals surface area contributed by atoms with Gasteiger partial charge in [-0.2, -0.15) is 0 Å². The molecule has 0 N–H and O–H groups in total. The van der Waals surface area contributed by atoms with Crippen molar-refractivity contribution in [2.75, 3.05) is 7.11 Å². The fourth-order valence-electron chi connectivity index (χ4n) is 1.80. The smallest absolute Gasteiger partial charge is 0.129 e. The number of hydrogen-bond acceptors (Lipinski definition) is 2. The van der Waals surface area contributed by atoms with E-state index in [0.717, 1.165) is 22.7 Å². The van der Waals surface area contributed by atoms with Crippen LogP contribution in [-0.4, -0.2) is 12.1 Å². The van der Waals surface area contributed by atoms with E-state index < -0.39 is 0 Å². The van der Waals surface area contributed by atoms with Gasteiger partial charge in [0, 0.05) is 16.3 Å². The minimum atomic E-state index is 0.406. The molecular formula is C15H16ClNO. The first-order valence-electron chi connectivity index (χ1n) is 5.92. The third-order valence-corrected chi connectivity index (χ3v) is 3.04. The van der Waals surface area contributed by atoms with Crippen LogP contribution in [0.2, 0.25) is 5.02 Å². The average Bonchev–Trinajstić information content (AvgIpc) is 2.38. The summed E-state index contributed by atoms with van der Waals surface area (Å²) in [7, 11) is 1.64. The summed E-state index contributed by atoms with van der Waals surface area (Å²) in [6.45, 7) is 4.26. The van der Waals surface area contributed by atoms with Crippen LogP contribution in [0.4, 0.5) is 0 Å². The molecule has 0 bridgehead atoms. The molecule has 3 heteroatoms. The number of rotatable bonds is 3. The van der Waals surface area contributed by atoms with E-state index in [-0.39, 0.29) is 0 Å². The van der Waals surface area contributed by atoms with Crippen molar-refractivity contribution in [2.45, 2.75) is 19.8 Å². The summed E-state index contributed by atoms with van der Waals surface area (Å²) >= 11 is 5.96. The minimum Gasteiger partial charge on any atom is -0.496 e. The summed E-state index contributed by atoms with van der Waals surface area (Å²) < 4.78 is 5.36. The molecule has 1 heterocycles. The van der Waals surface area contributed by atoms with E-state index >= 15 is 0 Å². The number of methoxy groups -OCH3 is 1. The first-order valence-corrected chi connectivity index (χ1v) is 6.30. The third kappa shape index (κ3) is 2.65. The van der Waals surface area contributed by atoms with E-state index in [2.05, 4.69) is 18.8 Å². The quantitative estimate of drug-likeness (QED) is 0.810. The van der Waals surface area contributed by atoms with Crippen LogP contribution in [0.25, 0.3) is 11.3 Å². The van der Waals surface area contributed by atoms with Crippen molar-refractivity contribution < 1.29 is 4.74 Å². The lowest BCUT2D eigenvalue weighted by Gasteiger charge is -2.11. The Morgan fingerprint density at radius 1 is 1.17 bits per heavy atom. The summed E-state index contributed by atoms with van der Waals surface area (Å²) in [6.07, 6.45) is 0. The zero-order valence-corrected chi connectivity index (χ0v) is 11.5. The Labute approximate surface area is 113 Å². The van der Waals surface area contributed by atoms with Gasteiger partial charge < -0.3 is 4.74 Å². The summed E-state index contributed by atoms with van der Waals surface area (Å²) in [5, 5.41) is 0.663. The molecule has 0 atom stereocenters. The molecule has 94 valence electrons. The van der Waals surface area contributed by atoms with Crippen LogP contribution in [0.3, 0.4) is 0 Å². The number of ether oxygens (including phenoxy) is 1. The maximum absolute atomic E-state index is 5.96. The van der Waals surface area contributed by atoms with Crippen LogP contribution in [0, 0.1) is 0 Å². The van der Waals surface area contributed by atoms with Gasteiger partial charge in [0.1, 0.15) is 5.75 Å². The second-order valence-electron chi connectivity index (χ2n) is 4.45. The SMILES string of the molecule is COc1cc(Cl)ccc1-c1cccc(C(C)C)n1. The molecule has 0 radical (unpaired) electrons. The Hall–Kier alpha value is -1.54. The van der Waals surface area contributed by atoms with E-state index in [1.54, 1.807) is 13.2 Å². The maximum Gasteiger partial charge on any atom is 0.129 e. The second-order valence-corrected chi connectivity index (χ2v) is 4.88. The summed E-state index contributed by atoms with van der Waals surface area (Å²) in [5.74, 6) is 1.15. The molecule has 1 aromatic heterocycles. The normalized spacial score (nSPS) is 10.7. The van der Waals surface area contributed by atoms with E-state index in [9.17, 15) is 0 Å². The van der Waals surface area contributed by atoms with Crippen LogP contribution in [0.1, 0.15) is 25.5 Å². The van der Waals surface area contributed by atoms with Gasteiger partial charge in [-0.1, -0.05) is 31.5 Å². The van der Waals surface area contributed by atoms with Crippen LogP contribution in [0.15, 0.2) is 36.4 Å². The molecule has 1 aromatic carbocycles. The molecule has 0 unspecified atom stereocenters. The van der Waals surface area contributed by atoms with Crippen molar-refractivity contribution >= 4 is 11.6 Å². The molecule has 0 amide bonds. The number of aromatic nitrogens is 1. The first kappa shape index (κ1) is 12.9. The number of nitrogens with zero attached hydrogens (tertiary/aromatic N) is 1. The van der Waals surface area contributed by atoms with Crippen LogP contribution in [-0.2, 0) is 0 Å². The fraction of sp³-hybridized carbons (Fsp3) is 0.267. The molecule has 0 saturated carbocycles. The number of halogens is 1. The van der Waals surface area contributed by atoms with E-state index in [1.165, 1.54) is 0 Å². The van der Waals surface area contributed by atoms with Gasteiger partial charge >= 0.3 is 0 Å². The van der Waals surface area contributed by atoms with Crippen molar-refractivity contribution in [1.82, 2.24) is 4.98 Å². The maximum atomic E-state index is 5.96. The van der Waals surface area contributed by atoms with Crippen LogP contribution in [0.5, 0.6) is 5.75 Å². The predicted molar refractivity (Wildman–Crippen MR) is 75.3 cm³/mol. The lowest BCUT2D eigenvalue weighted by atomic mass is 10.1. The second kappa shape index (κ2) is 5.40. The molecule has 2 nitrogen and oxygen atoms in total. The zero-order valence-electron chi connectivity index (χ0n) is 10.8. The van der Waals surface area contributed by atoms with E-state index in [0.29, 0.717) is 10.9 Å². The molecule has 0 aliphatic rings. The Balaban J connectivity index is 2.51. The number of pyridine rings is 1. The van der Waals surface area contributed by atoms with Gasteiger partial charge in [0.15, 0.2) is 0 Å². The zero-order chi connectivity index (χ0) is 13.1. The van der Waals surface area contributed by atoms with E-state index in [4.69, 9.17) is 16.3 Å². The molecule has 2 rings (SSSR count). The van der Waals surface area contributed by atoms with Gasteiger partial charge in [-0.15, -0.1) is 0 Å². The third-order valence-electron chi connectivity index (χ3n) is 2.80. The highest BCUT2D eigenvalue weighted by molar-refractivity contribution is 6.30. The topological polar surface area (TPSA) is 22.1 Å². The lowest BCUT2D eigenvalue weighted by Crippen LogP contribution is -1.95. The van der Waals surface area contributed by atoms with Crippen molar-refractivity contribution in [2.24, 2.45) is 0 Å². The van der Waals surface area contributed by atoms with Crippen molar-refractivity contribution in [1.29, 1.82) is 0 Å². The van der Waals surface area contributed by atoms with Gasteiger partial charge in [0.25, 0.3) is 0 Å². The summed E-state index contributed by atoms with van der Waals surface area (Å²) in [5.41, 5.74) is 2.95. The van der Waals surface area contributed by atoms with Gasteiger partial charge in [-0.05, 0) is 36.2 Å². The highest BCUT2D eigenvalue weighted by atomic mass is 35.5. The largest absolute Gasteiger partial charge is 0.496 e. The summed E-state index contributed by atoms with van der Waals surface area (Å²) in [6, 6.07) is 11.6. The molecule has 0 spiro atoms. The Morgan fingerprint density at radius 3 is 2.61 bits per heavy atom.